The summed E-state index contributed by atoms with van der Waals surface area (Å²) in [4.78, 5) is 25.2. The smallest absolute Gasteiger partial charge is 0.329 e. The van der Waals surface area contributed by atoms with Gasteiger partial charge in [0, 0.05) is 63.0 Å². The molecule has 4 heterocycles. The van der Waals surface area contributed by atoms with Gasteiger partial charge >= 0.3 is 6.03 Å². The zero-order chi connectivity index (χ0) is 32.0. The number of anilines is 2. The average Bonchev–Trinajstić information content (AvgIpc) is 3.42. The van der Waals surface area contributed by atoms with Crippen LogP contribution in [0.15, 0.2) is 53.6 Å². The fourth-order valence-electron chi connectivity index (χ4n) is 6.08. The Labute approximate surface area is 260 Å². The van der Waals surface area contributed by atoms with Crippen molar-refractivity contribution in [3.63, 3.8) is 0 Å². The van der Waals surface area contributed by atoms with Crippen molar-refractivity contribution in [1.29, 1.82) is 0 Å². The van der Waals surface area contributed by atoms with Crippen LogP contribution in [-0.2, 0) is 23.1 Å². The fraction of sp³-hybridized carbons (Fsp3) is 0.355. The second-order valence-corrected chi connectivity index (χ2v) is 12.8. The fourth-order valence-corrected chi connectivity index (χ4v) is 7.59. The average molecular weight is 641 g/mol. The lowest BCUT2D eigenvalue weighted by Crippen LogP contribution is -2.46. The van der Waals surface area contributed by atoms with E-state index in [9.17, 15) is 13.2 Å². The van der Waals surface area contributed by atoms with E-state index in [2.05, 4.69) is 21.7 Å². The van der Waals surface area contributed by atoms with Gasteiger partial charge in [-0.2, -0.15) is 0 Å². The van der Waals surface area contributed by atoms with E-state index in [0.717, 1.165) is 43.7 Å². The Balaban J connectivity index is 1.49. The Kier molecular flexibility index (Phi) is 8.14. The summed E-state index contributed by atoms with van der Waals surface area (Å²) in [5, 5.41) is 0.439. The second kappa shape index (κ2) is 11.9. The van der Waals surface area contributed by atoms with Crippen molar-refractivity contribution in [1.82, 2.24) is 18.8 Å². The number of aromatic nitrogens is 2. The highest BCUT2D eigenvalue weighted by Crippen LogP contribution is 2.43. The molecule has 14 heteroatoms. The number of amides is 2. The van der Waals surface area contributed by atoms with Crippen molar-refractivity contribution in [2.75, 3.05) is 63.8 Å². The molecule has 0 atom stereocenters. The van der Waals surface area contributed by atoms with Gasteiger partial charge in [0.05, 0.1) is 37.0 Å². The van der Waals surface area contributed by atoms with Crippen LogP contribution in [0.1, 0.15) is 18.2 Å². The van der Waals surface area contributed by atoms with E-state index < -0.39 is 33.4 Å². The molecular weight excluding hydrogens is 606 g/mol. The molecule has 1 fully saturated rings. The highest BCUT2D eigenvalue weighted by atomic mass is 32.2. The van der Waals surface area contributed by atoms with Crippen molar-refractivity contribution in [2.24, 2.45) is 0 Å². The molecule has 45 heavy (non-hydrogen) atoms. The third-order valence-corrected chi connectivity index (χ3v) is 10.2. The summed E-state index contributed by atoms with van der Waals surface area (Å²) >= 11 is 0. The number of urea groups is 1. The van der Waals surface area contributed by atoms with E-state index in [0.29, 0.717) is 28.9 Å². The van der Waals surface area contributed by atoms with Crippen LogP contribution < -0.4 is 19.3 Å². The Morgan fingerprint density at radius 3 is 2.13 bits per heavy atom. The van der Waals surface area contributed by atoms with Crippen LogP contribution in [0, 0.1) is 11.6 Å². The van der Waals surface area contributed by atoms with Crippen LogP contribution in [0.25, 0.3) is 11.0 Å². The van der Waals surface area contributed by atoms with Crippen LogP contribution in [0.3, 0.4) is 0 Å². The standard InChI is InChI=1S/C31H34F2N6O5S/c1-5-36-11-13-37(14-12-36)19-21-15-23-28-20(17-34-30(23)39(21)45(41,42)22-9-7-6-8-10-22)18-38(31(40)35(28)2)29-26(32)24(43-3)16-25(44-4)27(29)33/h6-10,15-17H,5,11-14,18-19H2,1-4H3. The molecule has 0 aliphatic carbocycles. The zero-order valence-electron chi connectivity index (χ0n) is 25.5. The van der Waals surface area contributed by atoms with Gasteiger partial charge < -0.3 is 14.4 Å². The van der Waals surface area contributed by atoms with Crippen LogP contribution in [0.2, 0.25) is 0 Å². The molecule has 6 rings (SSSR count). The number of ether oxygens (including phenoxy) is 2. The topological polar surface area (TPSA) is 100 Å². The van der Waals surface area contributed by atoms with Crippen LogP contribution in [0.5, 0.6) is 11.5 Å². The first kappa shape index (κ1) is 30.7. The van der Waals surface area contributed by atoms with E-state index in [1.54, 1.807) is 24.3 Å². The largest absolute Gasteiger partial charge is 0.493 e. The minimum absolute atomic E-state index is 0.104. The number of hydrogen-bond donors (Lipinski definition) is 0. The van der Waals surface area contributed by atoms with E-state index >= 15 is 8.78 Å². The van der Waals surface area contributed by atoms with Gasteiger partial charge in [0.25, 0.3) is 10.0 Å². The van der Waals surface area contributed by atoms with Gasteiger partial charge in [-0.05, 0) is 24.7 Å². The van der Waals surface area contributed by atoms with Crippen molar-refractivity contribution in [3.05, 3.63) is 71.6 Å². The van der Waals surface area contributed by atoms with Gasteiger partial charge in [0.15, 0.2) is 28.8 Å². The number of nitrogens with zero attached hydrogens (tertiary/aromatic N) is 6. The number of rotatable bonds is 8. The summed E-state index contributed by atoms with van der Waals surface area (Å²) in [5.74, 6) is -2.68. The minimum Gasteiger partial charge on any atom is -0.493 e. The molecule has 0 bridgehead atoms. The lowest BCUT2D eigenvalue weighted by molar-refractivity contribution is 0.130. The maximum Gasteiger partial charge on any atom is 0.329 e. The number of benzene rings is 2. The summed E-state index contributed by atoms with van der Waals surface area (Å²) in [7, 11) is -0.139. The van der Waals surface area contributed by atoms with Gasteiger partial charge in [-0.15, -0.1) is 0 Å². The molecule has 4 aromatic rings. The van der Waals surface area contributed by atoms with Crippen molar-refractivity contribution < 1.29 is 31.5 Å². The number of fused-ring (bicyclic) bond motifs is 3. The summed E-state index contributed by atoms with van der Waals surface area (Å²) in [6.07, 6.45) is 1.45. The molecule has 11 nitrogen and oxygen atoms in total. The molecule has 2 aliphatic heterocycles. The number of methoxy groups -OCH3 is 2. The lowest BCUT2D eigenvalue weighted by atomic mass is 10.1. The normalized spacial score (nSPS) is 16.4. The van der Waals surface area contributed by atoms with E-state index in [1.807, 2.05) is 0 Å². The molecular formula is C31H34F2N6O5S. The number of halogens is 2. The summed E-state index contributed by atoms with van der Waals surface area (Å²) in [5.41, 5.74) is 0.925. The molecule has 0 spiro atoms. The molecule has 0 N–H and O–H groups in total. The second-order valence-electron chi connectivity index (χ2n) is 11.0. The first-order valence-electron chi connectivity index (χ1n) is 14.5. The van der Waals surface area contributed by atoms with Gasteiger partial charge in [-0.1, -0.05) is 25.1 Å². The van der Waals surface area contributed by atoms with Gasteiger partial charge in [-0.3, -0.25) is 14.7 Å². The Morgan fingerprint density at radius 2 is 1.53 bits per heavy atom. The van der Waals surface area contributed by atoms with Crippen molar-refractivity contribution in [2.45, 2.75) is 24.9 Å². The van der Waals surface area contributed by atoms with Crippen molar-refractivity contribution >= 4 is 38.5 Å². The molecule has 2 amide bonds. The number of carbonyl (C=O) groups is 1. The molecule has 0 unspecified atom stereocenters. The van der Waals surface area contributed by atoms with E-state index in [-0.39, 0.29) is 28.6 Å². The summed E-state index contributed by atoms with van der Waals surface area (Å²) < 4.78 is 70.5. The molecule has 2 aliphatic rings. The SMILES string of the molecule is CCN1CCN(Cc2cc3c4c(cnc3n2S(=O)(=O)c2ccccc2)CN(c2c(F)c(OC)cc(OC)c2F)C(=O)N4C)CC1. The predicted octanol–water partition coefficient (Wildman–Crippen LogP) is 4.28. The molecule has 2 aromatic carbocycles. The monoisotopic (exact) mass is 640 g/mol. The van der Waals surface area contributed by atoms with Crippen molar-refractivity contribution in [3.8, 4) is 11.5 Å². The van der Waals surface area contributed by atoms with Gasteiger partial charge in [-0.25, -0.2) is 30.9 Å². The number of carbonyl (C=O) groups excluding carboxylic acids is 1. The van der Waals surface area contributed by atoms with E-state index in [4.69, 9.17) is 9.47 Å². The van der Waals surface area contributed by atoms with Gasteiger partial charge in [0.2, 0.25) is 0 Å². The molecule has 238 valence electrons. The number of pyridine rings is 1. The van der Waals surface area contributed by atoms with Gasteiger partial charge in [0.1, 0.15) is 5.69 Å². The molecule has 1 saturated heterocycles. The molecule has 2 aromatic heterocycles. The maximum absolute atomic E-state index is 15.5. The number of hydrogen-bond acceptors (Lipinski definition) is 8. The number of piperazine rings is 1. The lowest BCUT2D eigenvalue weighted by Gasteiger charge is -2.35. The minimum atomic E-state index is -4.08. The Hall–Kier alpha value is -4.27. The summed E-state index contributed by atoms with van der Waals surface area (Å²) in [6, 6.07) is 10.2. The van der Waals surface area contributed by atoms with E-state index in [1.165, 1.54) is 48.5 Å². The molecule has 0 saturated carbocycles. The molecule has 0 radical (unpaired) electrons. The number of likely N-dealkylation sites (N-methyl/N-ethyl adjacent to an activating group) is 1. The van der Waals surface area contributed by atoms with Crippen LogP contribution in [0.4, 0.5) is 25.0 Å². The zero-order valence-corrected chi connectivity index (χ0v) is 26.3. The summed E-state index contributed by atoms with van der Waals surface area (Å²) in [6.45, 7) is 6.44. The highest BCUT2D eigenvalue weighted by Gasteiger charge is 2.37. The van der Waals surface area contributed by atoms with Crippen LogP contribution >= 0.6 is 0 Å². The maximum atomic E-state index is 15.5. The Morgan fingerprint density at radius 1 is 0.911 bits per heavy atom. The third-order valence-electron chi connectivity index (χ3n) is 8.49. The quantitative estimate of drug-likeness (QED) is 0.282. The Bertz CT molecular complexity index is 1850. The first-order valence-corrected chi connectivity index (χ1v) is 16.0. The third kappa shape index (κ3) is 5.16. The first-order chi connectivity index (χ1) is 21.6. The highest BCUT2D eigenvalue weighted by molar-refractivity contribution is 7.90. The van der Waals surface area contributed by atoms with Crippen LogP contribution in [-0.4, -0.2) is 87.2 Å². The predicted molar refractivity (Wildman–Crippen MR) is 166 cm³/mol.